The Kier molecular flexibility index (Phi) is 5.11. The first kappa shape index (κ1) is 14.9. The zero-order valence-corrected chi connectivity index (χ0v) is 11.4. The highest BCUT2D eigenvalue weighted by atomic mass is 35.5. The number of halogens is 2. The summed E-state index contributed by atoms with van der Waals surface area (Å²) in [6.45, 7) is 4.06. The van der Waals surface area contributed by atoms with Crippen LogP contribution in [0.2, 0.25) is 5.02 Å². The summed E-state index contributed by atoms with van der Waals surface area (Å²) in [6, 6.07) is 3.86. The van der Waals surface area contributed by atoms with Crippen LogP contribution in [-0.2, 0) is 4.79 Å². The van der Waals surface area contributed by atoms with Crippen molar-refractivity contribution >= 4 is 23.2 Å². The van der Waals surface area contributed by atoms with Crippen molar-refractivity contribution in [2.75, 3.05) is 11.9 Å². The van der Waals surface area contributed by atoms with Gasteiger partial charge >= 0.3 is 0 Å². The van der Waals surface area contributed by atoms with E-state index < -0.39 is 11.2 Å². The van der Waals surface area contributed by atoms with Gasteiger partial charge in [-0.3, -0.25) is 4.79 Å². The Morgan fingerprint density at radius 2 is 2.06 bits per heavy atom. The van der Waals surface area contributed by atoms with E-state index in [4.69, 9.17) is 17.3 Å². The molecule has 0 heterocycles. The molecule has 0 atom stereocenters. The lowest BCUT2D eigenvalue weighted by Gasteiger charge is -2.28. The fraction of sp³-hybridized carbons (Fsp3) is 0.462. The summed E-state index contributed by atoms with van der Waals surface area (Å²) >= 11 is 5.91. The summed E-state index contributed by atoms with van der Waals surface area (Å²) in [5.41, 5.74) is 5.33. The molecule has 0 fully saturated rings. The van der Waals surface area contributed by atoms with Gasteiger partial charge in [-0.05, 0) is 31.0 Å². The fourth-order valence-corrected chi connectivity index (χ4v) is 1.97. The Morgan fingerprint density at radius 1 is 1.44 bits per heavy atom. The number of hydrogen-bond acceptors (Lipinski definition) is 2. The molecule has 0 aliphatic rings. The molecular weight excluding hydrogens is 255 g/mol. The van der Waals surface area contributed by atoms with Crippen molar-refractivity contribution < 1.29 is 9.18 Å². The second-order valence-corrected chi connectivity index (χ2v) is 4.68. The normalized spacial score (nSPS) is 11.4. The van der Waals surface area contributed by atoms with Gasteiger partial charge in [0.05, 0.1) is 16.1 Å². The summed E-state index contributed by atoms with van der Waals surface area (Å²) in [6.07, 6.45) is 1.25. The van der Waals surface area contributed by atoms with E-state index >= 15 is 0 Å². The van der Waals surface area contributed by atoms with Crippen LogP contribution in [0.4, 0.5) is 10.1 Å². The van der Waals surface area contributed by atoms with Crippen LogP contribution >= 0.6 is 11.6 Å². The van der Waals surface area contributed by atoms with Crippen molar-refractivity contribution in [3.8, 4) is 0 Å². The molecule has 3 nitrogen and oxygen atoms in total. The van der Waals surface area contributed by atoms with E-state index in [1.54, 1.807) is 0 Å². The molecule has 1 rings (SSSR count). The van der Waals surface area contributed by atoms with Gasteiger partial charge in [-0.15, -0.1) is 0 Å². The van der Waals surface area contributed by atoms with Crippen LogP contribution in [0.1, 0.15) is 26.7 Å². The molecule has 1 aromatic carbocycles. The minimum Gasteiger partial charge on any atom is -0.329 e. The predicted molar refractivity (Wildman–Crippen MR) is 72.1 cm³/mol. The van der Waals surface area contributed by atoms with Crippen LogP contribution in [0.5, 0.6) is 0 Å². The smallest absolute Gasteiger partial charge is 0.231 e. The molecule has 3 N–H and O–H groups in total. The Labute approximate surface area is 112 Å². The maximum Gasteiger partial charge on any atom is 0.231 e. The van der Waals surface area contributed by atoms with Crippen LogP contribution in [-0.4, -0.2) is 12.5 Å². The Bertz CT molecular complexity index is 425. The third kappa shape index (κ3) is 3.00. The number of hydrogen-bond donors (Lipinski definition) is 2. The third-order valence-electron chi connectivity index (χ3n) is 3.40. The summed E-state index contributed by atoms with van der Waals surface area (Å²) in [5.74, 6) is -0.663. The topological polar surface area (TPSA) is 55.1 Å². The maximum atomic E-state index is 13.1. The molecule has 1 aromatic rings. The number of carbonyl (C=O) groups excluding carboxylic acids is 1. The number of rotatable bonds is 5. The molecule has 0 saturated heterocycles. The van der Waals surface area contributed by atoms with Gasteiger partial charge in [0.25, 0.3) is 0 Å². The second-order valence-electron chi connectivity index (χ2n) is 4.27. The fourth-order valence-electron chi connectivity index (χ4n) is 1.80. The van der Waals surface area contributed by atoms with E-state index in [9.17, 15) is 9.18 Å². The lowest BCUT2D eigenvalue weighted by Crippen LogP contribution is -2.41. The number of benzene rings is 1. The first-order valence-corrected chi connectivity index (χ1v) is 6.33. The van der Waals surface area contributed by atoms with Gasteiger partial charge in [0.1, 0.15) is 5.82 Å². The van der Waals surface area contributed by atoms with Crippen molar-refractivity contribution in [2.45, 2.75) is 26.7 Å². The quantitative estimate of drug-likeness (QED) is 0.865. The van der Waals surface area contributed by atoms with Gasteiger partial charge in [0, 0.05) is 6.54 Å². The van der Waals surface area contributed by atoms with E-state index in [1.807, 2.05) is 13.8 Å². The highest BCUT2D eigenvalue weighted by Gasteiger charge is 2.33. The Hall–Kier alpha value is -1.13. The van der Waals surface area contributed by atoms with Crippen LogP contribution in [0.15, 0.2) is 18.2 Å². The van der Waals surface area contributed by atoms with Crippen LogP contribution in [0, 0.1) is 11.2 Å². The summed E-state index contributed by atoms with van der Waals surface area (Å²) in [5, 5.41) is 2.96. The van der Waals surface area contributed by atoms with Crippen LogP contribution in [0.25, 0.3) is 0 Å². The number of anilines is 1. The van der Waals surface area contributed by atoms with E-state index in [1.165, 1.54) is 18.2 Å². The van der Waals surface area contributed by atoms with E-state index in [-0.39, 0.29) is 18.1 Å². The molecule has 0 aliphatic heterocycles. The van der Waals surface area contributed by atoms with Crippen molar-refractivity contribution in [1.29, 1.82) is 0 Å². The molecule has 0 aliphatic carbocycles. The van der Waals surface area contributed by atoms with Crippen LogP contribution in [0.3, 0.4) is 0 Å². The Balaban J connectivity index is 2.96. The van der Waals surface area contributed by atoms with Crippen molar-refractivity contribution in [3.63, 3.8) is 0 Å². The molecule has 0 radical (unpaired) electrons. The zero-order valence-electron chi connectivity index (χ0n) is 10.6. The molecule has 0 aromatic heterocycles. The first-order chi connectivity index (χ1) is 8.49. The average Bonchev–Trinajstić information content (AvgIpc) is 2.37. The van der Waals surface area contributed by atoms with Gasteiger partial charge in [0.2, 0.25) is 5.91 Å². The molecule has 0 spiro atoms. The van der Waals surface area contributed by atoms with Gasteiger partial charge in [-0.25, -0.2) is 4.39 Å². The molecule has 100 valence electrons. The number of nitrogens with two attached hydrogens (primary N) is 1. The monoisotopic (exact) mass is 272 g/mol. The van der Waals surface area contributed by atoms with Crippen molar-refractivity contribution in [1.82, 2.24) is 0 Å². The minimum atomic E-state index is -0.629. The molecule has 18 heavy (non-hydrogen) atoms. The molecule has 1 amide bonds. The number of nitrogens with one attached hydrogen (secondary N) is 1. The van der Waals surface area contributed by atoms with Crippen molar-refractivity contribution in [3.05, 3.63) is 29.0 Å². The summed E-state index contributed by atoms with van der Waals surface area (Å²) in [7, 11) is 0. The Morgan fingerprint density at radius 3 is 2.56 bits per heavy atom. The molecule has 0 unspecified atom stereocenters. The van der Waals surface area contributed by atoms with Gasteiger partial charge in [-0.1, -0.05) is 25.4 Å². The predicted octanol–water partition coefficient (Wildman–Crippen LogP) is 3.18. The molecule has 0 bridgehead atoms. The van der Waals surface area contributed by atoms with E-state index in [2.05, 4.69) is 5.32 Å². The lowest BCUT2D eigenvalue weighted by molar-refractivity contribution is -0.125. The van der Waals surface area contributed by atoms with Gasteiger partial charge in [0.15, 0.2) is 0 Å². The highest BCUT2D eigenvalue weighted by molar-refractivity contribution is 6.33. The summed E-state index contributed by atoms with van der Waals surface area (Å²) < 4.78 is 13.1. The molecular formula is C13H18ClFN2O. The minimum absolute atomic E-state index is 0.220. The molecule has 0 saturated carbocycles. The molecule has 5 heteroatoms. The average molecular weight is 273 g/mol. The van der Waals surface area contributed by atoms with E-state index in [0.717, 1.165) is 0 Å². The second kappa shape index (κ2) is 6.16. The standard InChI is InChI=1S/C13H18ClFN2O/c1-3-13(4-2,8-16)12(18)17-11-7-9(15)5-6-10(11)14/h5-7H,3-4,8,16H2,1-2H3,(H,17,18). The summed E-state index contributed by atoms with van der Waals surface area (Å²) in [4.78, 5) is 12.2. The first-order valence-electron chi connectivity index (χ1n) is 5.95. The van der Waals surface area contributed by atoms with Gasteiger partial charge in [-0.2, -0.15) is 0 Å². The van der Waals surface area contributed by atoms with Gasteiger partial charge < -0.3 is 11.1 Å². The largest absolute Gasteiger partial charge is 0.329 e. The van der Waals surface area contributed by atoms with Crippen LogP contribution < -0.4 is 11.1 Å². The van der Waals surface area contributed by atoms with E-state index in [0.29, 0.717) is 17.9 Å². The number of amides is 1. The zero-order chi connectivity index (χ0) is 13.8. The van der Waals surface area contributed by atoms with Crippen molar-refractivity contribution in [2.24, 2.45) is 11.1 Å². The lowest BCUT2D eigenvalue weighted by atomic mass is 9.81. The highest BCUT2D eigenvalue weighted by Crippen LogP contribution is 2.29. The third-order valence-corrected chi connectivity index (χ3v) is 3.73. The SMILES string of the molecule is CCC(CC)(CN)C(=O)Nc1cc(F)ccc1Cl. The number of carbonyl (C=O) groups is 1. The maximum absolute atomic E-state index is 13.1.